The zero-order valence-corrected chi connectivity index (χ0v) is 11.1. The van der Waals surface area contributed by atoms with E-state index in [1.165, 1.54) is 12.1 Å². The molecule has 1 aromatic carbocycles. The Balaban J connectivity index is 2.79. The molecule has 0 aliphatic carbocycles. The minimum absolute atomic E-state index is 0.00671. The first-order valence-corrected chi connectivity index (χ1v) is 6.05. The van der Waals surface area contributed by atoms with Crippen LogP contribution in [0, 0.1) is 5.41 Å². The average molecular weight is 259 g/mol. The highest BCUT2D eigenvalue weighted by Crippen LogP contribution is 2.32. The van der Waals surface area contributed by atoms with Crippen molar-refractivity contribution in [3.05, 3.63) is 35.4 Å². The van der Waals surface area contributed by atoms with Crippen molar-refractivity contribution in [2.24, 2.45) is 5.41 Å². The van der Waals surface area contributed by atoms with Crippen LogP contribution < -0.4 is 5.32 Å². The first kappa shape index (κ1) is 15.0. The van der Waals surface area contributed by atoms with Crippen molar-refractivity contribution in [1.82, 2.24) is 5.32 Å². The Hall–Kier alpha value is -1.03. The molecule has 0 saturated heterocycles. The predicted molar refractivity (Wildman–Crippen MR) is 67.5 cm³/mol. The predicted octanol–water partition coefficient (Wildman–Crippen LogP) is 3.88. The second-order valence-electron chi connectivity index (χ2n) is 5.39. The van der Waals surface area contributed by atoms with Crippen molar-refractivity contribution < 1.29 is 13.2 Å². The highest BCUT2D eigenvalue weighted by atomic mass is 19.4. The van der Waals surface area contributed by atoms with Gasteiger partial charge in [0, 0.05) is 0 Å². The number of hydrogen-bond donors (Lipinski definition) is 1. The lowest BCUT2D eigenvalue weighted by molar-refractivity contribution is -0.137. The molecule has 0 spiro atoms. The smallest absolute Gasteiger partial charge is 0.320 e. The highest BCUT2D eigenvalue weighted by molar-refractivity contribution is 5.26. The summed E-state index contributed by atoms with van der Waals surface area (Å²) in [7, 11) is 1.88. The average Bonchev–Trinajstić information content (AvgIpc) is 2.25. The van der Waals surface area contributed by atoms with E-state index in [1.54, 1.807) is 6.07 Å². The summed E-state index contributed by atoms with van der Waals surface area (Å²) in [5.74, 6) is 0. The molecule has 0 aliphatic rings. The monoisotopic (exact) mass is 259 g/mol. The third-order valence-corrected chi connectivity index (χ3v) is 2.99. The molecule has 0 fully saturated rings. The Kier molecular flexibility index (Phi) is 4.79. The second-order valence-corrected chi connectivity index (χ2v) is 5.39. The van der Waals surface area contributed by atoms with Gasteiger partial charge >= 0.3 is 6.18 Å². The first-order chi connectivity index (χ1) is 8.24. The molecular formula is C14H20F3N. The minimum Gasteiger partial charge on any atom is -0.320 e. The van der Waals surface area contributed by atoms with Crippen LogP contribution in [-0.4, -0.2) is 13.6 Å². The molecule has 4 heteroatoms. The number of hydrogen-bond acceptors (Lipinski definition) is 1. The number of alkyl halides is 3. The molecule has 0 aliphatic heterocycles. The molecule has 0 radical (unpaired) electrons. The van der Waals surface area contributed by atoms with Gasteiger partial charge in [0.1, 0.15) is 0 Å². The van der Waals surface area contributed by atoms with Crippen molar-refractivity contribution in [1.29, 1.82) is 0 Å². The van der Waals surface area contributed by atoms with E-state index in [-0.39, 0.29) is 5.41 Å². The number of benzene rings is 1. The fraction of sp³-hybridized carbons (Fsp3) is 0.571. The van der Waals surface area contributed by atoms with Gasteiger partial charge in [-0.15, -0.1) is 0 Å². The largest absolute Gasteiger partial charge is 0.416 e. The molecule has 1 rings (SSSR count). The summed E-state index contributed by atoms with van der Waals surface area (Å²) in [4.78, 5) is 0. The maximum absolute atomic E-state index is 12.6. The van der Waals surface area contributed by atoms with E-state index in [2.05, 4.69) is 19.2 Å². The molecule has 0 unspecified atom stereocenters. The minimum atomic E-state index is -4.26. The molecular weight excluding hydrogens is 239 g/mol. The van der Waals surface area contributed by atoms with Gasteiger partial charge in [-0.25, -0.2) is 0 Å². The zero-order chi connectivity index (χ0) is 13.8. The van der Waals surface area contributed by atoms with E-state index in [0.29, 0.717) is 6.42 Å². The topological polar surface area (TPSA) is 12.0 Å². The van der Waals surface area contributed by atoms with Gasteiger partial charge in [-0.1, -0.05) is 32.0 Å². The molecule has 0 atom stereocenters. The Bertz CT molecular complexity index is 383. The Morgan fingerprint density at radius 2 is 1.83 bits per heavy atom. The SMILES string of the molecule is CNCCC(C)(C)Cc1cccc(C(F)(F)F)c1. The summed E-state index contributed by atoms with van der Waals surface area (Å²) in [6, 6.07) is 5.61. The van der Waals surface area contributed by atoms with Crippen LogP contribution in [0.1, 0.15) is 31.4 Å². The fourth-order valence-corrected chi connectivity index (χ4v) is 1.96. The third kappa shape index (κ3) is 4.69. The van der Waals surface area contributed by atoms with Gasteiger partial charge in [0.2, 0.25) is 0 Å². The molecule has 0 saturated carbocycles. The number of halogens is 3. The summed E-state index contributed by atoms with van der Waals surface area (Å²) in [5, 5.41) is 3.07. The number of rotatable bonds is 5. The normalized spacial score (nSPS) is 12.8. The third-order valence-electron chi connectivity index (χ3n) is 2.99. The molecule has 0 bridgehead atoms. The van der Waals surface area contributed by atoms with E-state index in [4.69, 9.17) is 0 Å². The van der Waals surface area contributed by atoms with Crippen molar-refractivity contribution in [3.63, 3.8) is 0 Å². The van der Waals surface area contributed by atoms with Crippen LogP contribution in [0.4, 0.5) is 13.2 Å². The zero-order valence-electron chi connectivity index (χ0n) is 11.1. The molecule has 0 aromatic heterocycles. The van der Waals surface area contributed by atoms with Crippen molar-refractivity contribution in [3.8, 4) is 0 Å². The Morgan fingerprint density at radius 3 is 2.39 bits per heavy atom. The van der Waals surface area contributed by atoms with Crippen LogP contribution in [-0.2, 0) is 12.6 Å². The maximum Gasteiger partial charge on any atom is 0.416 e. The molecule has 1 nitrogen and oxygen atoms in total. The standard InChI is InChI=1S/C14H20F3N/c1-13(2,7-8-18-3)10-11-5-4-6-12(9-11)14(15,16)17/h4-6,9,18H,7-8,10H2,1-3H3. The van der Waals surface area contributed by atoms with E-state index in [9.17, 15) is 13.2 Å². The first-order valence-electron chi connectivity index (χ1n) is 6.05. The van der Waals surface area contributed by atoms with Gasteiger partial charge in [-0.2, -0.15) is 13.2 Å². The van der Waals surface area contributed by atoms with E-state index in [0.717, 1.165) is 24.6 Å². The highest BCUT2D eigenvalue weighted by Gasteiger charge is 2.30. The lowest BCUT2D eigenvalue weighted by Crippen LogP contribution is -2.22. The Morgan fingerprint density at radius 1 is 1.17 bits per heavy atom. The van der Waals surface area contributed by atoms with Crippen LogP contribution in [0.25, 0.3) is 0 Å². The van der Waals surface area contributed by atoms with Crippen molar-refractivity contribution in [2.45, 2.75) is 32.9 Å². The molecule has 0 heterocycles. The van der Waals surface area contributed by atoms with Crippen LogP contribution in [0.5, 0.6) is 0 Å². The summed E-state index contributed by atoms with van der Waals surface area (Å²) >= 11 is 0. The van der Waals surface area contributed by atoms with Crippen LogP contribution in [0.2, 0.25) is 0 Å². The van der Waals surface area contributed by atoms with Gasteiger partial charge in [-0.05, 0) is 43.5 Å². The van der Waals surface area contributed by atoms with Gasteiger partial charge in [-0.3, -0.25) is 0 Å². The lowest BCUT2D eigenvalue weighted by Gasteiger charge is -2.25. The molecule has 1 aromatic rings. The van der Waals surface area contributed by atoms with Gasteiger partial charge in [0.15, 0.2) is 0 Å². The van der Waals surface area contributed by atoms with Crippen molar-refractivity contribution in [2.75, 3.05) is 13.6 Å². The Labute approximate surface area is 106 Å². The molecule has 102 valence electrons. The van der Waals surface area contributed by atoms with Gasteiger partial charge in [0.05, 0.1) is 5.56 Å². The lowest BCUT2D eigenvalue weighted by atomic mass is 9.82. The fourth-order valence-electron chi connectivity index (χ4n) is 1.96. The van der Waals surface area contributed by atoms with Gasteiger partial charge in [0.25, 0.3) is 0 Å². The summed E-state index contributed by atoms with van der Waals surface area (Å²) in [6.07, 6.45) is -2.68. The second kappa shape index (κ2) is 5.74. The molecule has 0 amide bonds. The quantitative estimate of drug-likeness (QED) is 0.846. The van der Waals surface area contributed by atoms with Crippen LogP contribution in [0.3, 0.4) is 0 Å². The van der Waals surface area contributed by atoms with E-state index < -0.39 is 11.7 Å². The van der Waals surface area contributed by atoms with Gasteiger partial charge < -0.3 is 5.32 Å². The number of nitrogens with one attached hydrogen (secondary N) is 1. The summed E-state index contributed by atoms with van der Waals surface area (Å²) in [5.41, 5.74) is 0.170. The summed E-state index contributed by atoms with van der Waals surface area (Å²) in [6.45, 7) is 5.02. The maximum atomic E-state index is 12.6. The summed E-state index contributed by atoms with van der Waals surface area (Å²) < 4.78 is 37.8. The van der Waals surface area contributed by atoms with Crippen LogP contribution in [0.15, 0.2) is 24.3 Å². The molecule has 18 heavy (non-hydrogen) atoms. The van der Waals surface area contributed by atoms with Crippen molar-refractivity contribution >= 4 is 0 Å². The van der Waals surface area contributed by atoms with Crippen LogP contribution >= 0.6 is 0 Å². The van der Waals surface area contributed by atoms with E-state index >= 15 is 0 Å². The molecule has 1 N–H and O–H groups in total. The van der Waals surface area contributed by atoms with E-state index in [1.807, 2.05) is 7.05 Å².